The minimum Gasteiger partial charge on any atom is -0.356 e. The molecule has 1 fully saturated rings. The molecule has 1 aliphatic rings. The van der Waals surface area contributed by atoms with Crippen LogP contribution in [0.1, 0.15) is 30.4 Å². The number of rotatable bonds is 7. The van der Waals surface area contributed by atoms with Gasteiger partial charge in [-0.1, -0.05) is 29.8 Å². The lowest BCUT2D eigenvalue weighted by atomic mass is 9.95. The molecule has 25 heavy (non-hydrogen) atoms. The number of hydrogen-bond donors (Lipinski definition) is 1. The van der Waals surface area contributed by atoms with Crippen molar-refractivity contribution in [2.24, 2.45) is 5.92 Å². The predicted molar refractivity (Wildman–Crippen MR) is 99.0 cm³/mol. The molecule has 0 saturated carbocycles. The Balaban J connectivity index is 1.34. The first-order chi connectivity index (χ1) is 12.2. The first-order valence-electron chi connectivity index (χ1n) is 9.22. The second-order valence-electron chi connectivity index (χ2n) is 6.98. The topological polar surface area (TPSA) is 50.2 Å². The molecule has 0 bridgehead atoms. The van der Waals surface area contributed by atoms with Gasteiger partial charge in [-0.15, -0.1) is 0 Å². The van der Waals surface area contributed by atoms with Crippen LogP contribution in [0.5, 0.6) is 0 Å². The highest BCUT2D eigenvalue weighted by Gasteiger charge is 2.24. The number of amides is 1. The summed E-state index contributed by atoms with van der Waals surface area (Å²) < 4.78 is 2.04. The molecule has 1 aliphatic heterocycles. The van der Waals surface area contributed by atoms with Crippen LogP contribution < -0.4 is 5.32 Å². The first kappa shape index (κ1) is 17.7. The van der Waals surface area contributed by atoms with E-state index in [4.69, 9.17) is 0 Å². The van der Waals surface area contributed by atoms with Crippen molar-refractivity contribution in [2.75, 3.05) is 19.6 Å². The summed E-state index contributed by atoms with van der Waals surface area (Å²) >= 11 is 0. The number of nitrogens with zero attached hydrogens (tertiary/aromatic N) is 3. The fraction of sp³-hybridized carbons (Fsp3) is 0.500. The van der Waals surface area contributed by atoms with Gasteiger partial charge < -0.3 is 9.88 Å². The minimum absolute atomic E-state index is 0.169. The Morgan fingerprint density at radius 1 is 1.32 bits per heavy atom. The van der Waals surface area contributed by atoms with E-state index in [1.54, 1.807) is 6.20 Å². The number of aromatic nitrogens is 2. The Morgan fingerprint density at radius 2 is 2.16 bits per heavy atom. The maximum atomic E-state index is 12.3. The number of carbonyl (C=O) groups is 1. The minimum atomic E-state index is 0.169. The lowest BCUT2D eigenvalue weighted by molar-refractivity contribution is -0.126. The van der Waals surface area contributed by atoms with Crippen LogP contribution in [0.25, 0.3) is 0 Å². The predicted octanol–water partition coefficient (Wildman–Crippen LogP) is 2.61. The highest BCUT2D eigenvalue weighted by molar-refractivity contribution is 5.78. The van der Waals surface area contributed by atoms with E-state index in [1.165, 1.54) is 11.1 Å². The highest BCUT2D eigenvalue weighted by Crippen LogP contribution is 2.19. The second kappa shape index (κ2) is 8.81. The molecule has 2 aromatic rings. The van der Waals surface area contributed by atoms with Crippen molar-refractivity contribution in [3.05, 3.63) is 54.1 Å². The number of nitrogens with one attached hydrogen (secondary N) is 1. The van der Waals surface area contributed by atoms with E-state index in [2.05, 4.69) is 46.4 Å². The molecule has 1 amide bonds. The second-order valence-corrected chi connectivity index (χ2v) is 6.98. The molecule has 1 saturated heterocycles. The number of aryl methyl sites for hydroxylation is 2. The molecule has 5 heteroatoms. The Labute approximate surface area is 150 Å². The quantitative estimate of drug-likeness (QED) is 0.788. The van der Waals surface area contributed by atoms with Gasteiger partial charge in [-0.3, -0.25) is 9.69 Å². The smallest absolute Gasteiger partial charge is 0.223 e. The van der Waals surface area contributed by atoms with Crippen molar-refractivity contribution in [3.63, 3.8) is 0 Å². The van der Waals surface area contributed by atoms with Gasteiger partial charge in [0, 0.05) is 37.9 Å². The van der Waals surface area contributed by atoms with Gasteiger partial charge in [-0.25, -0.2) is 4.98 Å². The van der Waals surface area contributed by atoms with Crippen molar-refractivity contribution in [1.29, 1.82) is 0 Å². The Hall–Kier alpha value is -2.14. The molecule has 0 spiro atoms. The van der Waals surface area contributed by atoms with E-state index in [9.17, 15) is 4.79 Å². The SMILES string of the molecule is Cc1cccc(CN2CCC(C(=O)NCCCn3ccnc3)CC2)c1. The van der Waals surface area contributed by atoms with Gasteiger partial charge in [0.15, 0.2) is 0 Å². The van der Waals surface area contributed by atoms with Crippen LogP contribution in [0, 0.1) is 12.8 Å². The number of hydrogen-bond acceptors (Lipinski definition) is 3. The van der Waals surface area contributed by atoms with E-state index < -0.39 is 0 Å². The first-order valence-corrected chi connectivity index (χ1v) is 9.22. The van der Waals surface area contributed by atoms with Crippen LogP contribution >= 0.6 is 0 Å². The molecule has 0 unspecified atom stereocenters. The van der Waals surface area contributed by atoms with Crippen molar-refractivity contribution in [2.45, 2.75) is 39.3 Å². The van der Waals surface area contributed by atoms with Crippen LogP contribution in [0.4, 0.5) is 0 Å². The maximum absolute atomic E-state index is 12.3. The number of imidazole rings is 1. The van der Waals surface area contributed by atoms with E-state index in [1.807, 2.05) is 17.1 Å². The van der Waals surface area contributed by atoms with E-state index >= 15 is 0 Å². The van der Waals surface area contributed by atoms with Crippen LogP contribution in [-0.4, -0.2) is 40.0 Å². The summed E-state index contributed by atoms with van der Waals surface area (Å²) in [6.45, 7) is 6.76. The lowest BCUT2D eigenvalue weighted by Gasteiger charge is -2.31. The molecule has 3 rings (SSSR count). The highest BCUT2D eigenvalue weighted by atomic mass is 16.1. The van der Waals surface area contributed by atoms with E-state index in [0.29, 0.717) is 0 Å². The van der Waals surface area contributed by atoms with Gasteiger partial charge in [0.05, 0.1) is 6.33 Å². The summed E-state index contributed by atoms with van der Waals surface area (Å²) in [6, 6.07) is 8.69. The van der Waals surface area contributed by atoms with Gasteiger partial charge in [0.25, 0.3) is 0 Å². The van der Waals surface area contributed by atoms with Crippen LogP contribution in [-0.2, 0) is 17.9 Å². The van der Waals surface area contributed by atoms with Crippen LogP contribution in [0.15, 0.2) is 43.0 Å². The zero-order valence-electron chi connectivity index (χ0n) is 15.0. The van der Waals surface area contributed by atoms with Gasteiger partial charge in [-0.05, 0) is 44.8 Å². The fourth-order valence-electron chi connectivity index (χ4n) is 3.46. The van der Waals surface area contributed by atoms with Crippen molar-refractivity contribution in [1.82, 2.24) is 19.8 Å². The van der Waals surface area contributed by atoms with Gasteiger partial charge in [-0.2, -0.15) is 0 Å². The Morgan fingerprint density at radius 3 is 2.88 bits per heavy atom. The normalized spacial score (nSPS) is 16.0. The summed E-state index contributed by atoms with van der Waals surface area (Å²) in [5.41, 5.74) is 2.67. The van der Waals surface area contributed by atoms with Crippen molar-refractivity contribution < 1.29 is 4.79 Å². The Bertz CT molecular complexity index is 660. The van der Waals surface area contributed by atoms with Gasteiger partial charge in [0.1, 0.15) is 0 Å². The zero-order chi connectivity index (χ0) is 17.5. The molecule has 0 aliphatic carbocycles. The monoisotopic (exact) mass is 340 g/mol. The number of benzene rings is 1. The molecule has 134 valence electrons. The molecular formula is C20H28N4O. The van der Waals surface area contributed by atoms with E-state index in [-0.39, 0.29) is 11.8 Å². The third kappa shape index (κ3) is 5.43. The van der Waals surface area contributed by atoms with Crippen molar-refractivity contribution >= 4 is 5.91 Å². The summed E-state index contributed by atoms with van der Waals surface area (Å²) in [7, 11) is 0. The third-order valence-electron chi connectivity index (χ3n) is 4.90. The van der Waals surface area contributed by atoms with Gasteiger partial charge in [0.2, 0.25) is 5.91 Å². The van der Waals surface area contributed by atoms with E-state index in [0.717, 1.165) is 52.0 Å². The average Bonchev–Trinajstić information content (AvgIpc) is 3.13. The lowest BCUT2D eigenvalue weighted by Crippen LogP contribution is -2.40. The van der Waals surface area contributed by atoms with Gasteiger partial charge >= 0.3 is 0 Å². The maximum Gasteiger partial charge on any atom is 0.223 e. The molecule has 0 radical (unpaired) electrons. The number of piperidine rings is 1. The summed E-state index contributed by atoms with van der Waals surface area (Å²) in [4.78, 5) is 18.8. The number of likely N-dealkylation sites (tertiary alicyclic amines) is 1. The summed E-state index contributed by atoms with van der Waals surface area (Å²) in [5, 5.41) is 3.10. The summed E-state index contributed by atoms with van der Waals surface area (Å²) in [5.74, 6) is 0.392. The number of carbonyl (C=O) groups excluding carboxylic acids is 1. The van der Waals surface area contributed by atoms with Crippen LogP contribution in [0.3, 0.4) is 0 Å². The molecule has 5 nitrogen and oxygen atoms in total. The molecule has 1 aromatic carbocycles. The largest absolute Gasteiger partial charge is 0.356 e. The molecule has 1 N–H and O–H groups in total. The molecular weight excluding hydrogens is 312 g/mol. The third-order valence-corrected chi connectivity index (χ3v) is 4.90. The molecule has 1 aromatic heterocycles. The summed E-state index contributed by atoms with van der Waals surface area (Å²) in [6.07, 6.45) is 8.40. The van der Waals surface area contributed by atoms with Crippen molar-refractivity contribution in [3.8, 4) is 0 Å². The van der Waals surface area contributed by atoms with Crippen LogP contribution in [0.2, 0.25) is 0 Å². The standard InChI is InChI=1S/C20H28N4O/c1-17-4-2-5-18(14-17)15-23-11-6-19(7-12-23)20(25)22-8-3-10-24-13-9-21-16-24/h2,4-5,9,13-14,16,19H,3,6-8,10-12,15H2,1H3,(H,22,25). The Kier molecular flexibility index (Phi) is 6.23. The zero-order valence-corrected chi connectivity index (χ0v) is 15.0. The average molecular weight is 340 g/mol. The molecule has 0 atom stereocenters. The molecule has 2 heterocycles. The fourth-order valence-corrected chi connectivity index (χ4v) is 3.46.